The zero-order valence-corrected chi connectivity index (χ0v) is 12.2. The van der Waals surface area contributed by atoms with Gasteiger partial charge in [0.15, 0.2) is 0 Å². The Balaban J connectivity index is 0.000000217. The molecule has 2 fully saturated rings. The third-order valence-electron chi connectivity index (χ3n) is 3.69. The van der Waals surface area contributed by atoms with E-state index in [4.69, 9.17) is 9.90 Å². The van der Waals surface area contributed by atoms with E-state index in [1.807, 2.05) is 19.3 Å². The summed E-state index contributed by atoms with van der Waals surface area (Å²) in [4.78, 5) is 22.4. The second kappa shape index (κ2) is 6.07. The van der Waals surface area contributed by atoms with Gasteiger partial charge in [0.05, 0.1) is 6.04 Å². The SMILES string of the molecule is Cc1cnc(N2C[C@@H]3CN(C)C[C@@H]32)nc1.O=C(O)C(F)(F)F. The minimum Gasteiger partial charge on any atom is -0.475 e. The van der Waals surface area contributed by atoms with E-state index in [9.17, 15) is 13.2 Å². The maximum atomic E-state index is 10.6. The number of carboxylic acids is 1. The first-order valence-electron chi connectivity index (χ1n) is 6.72. The molecule has 0 saturated carbocycles. The normalized spacial score (nSPS) is 24.1. The van der Waals surface area contributed by atoms with Gasteiger partial charge >= 0.3 is 12.1 Å². The number of alkyl halides is 3. The van der Waals surface area contributed by atoms with Crippen molar-refractivity contribution in [2.45, 2.75) is 19.1 Å². The molecule has 122 valence electrons. The number of carbonyl (C=O) groups is 1. The third-order valence-corrected chi connectivity index (χ3v) is 3.69. The number of fused-ring (bicyclic) bond motifs is 1. The molecule has 0 aliphatic carbocycles. The minimum absolute atomic E-state index is 0.651. The van der Waals surface area contributed by atoms with Crippen LogP contribution in [0.25, 0.3) is 0 Å². The highest BCUT2D eigenvalue weighted by Gasteiger charge is 2.45. The molecule has 0 unspecified atom stereocenters. The molecular weight excluding hydrogens is 301 g/mol. The summed E-state index contributed by atoms with van der Waals surface area (Å²) in [5.74, 6) is -1.02. The number of aryl methyl sites for hydroxylation is 1. The van der Waals surface area contributed by atoms with Gasteiger partial charge < -0.3 is 14.9 Å². The summed E-state index contributed by atoms with van der Waals surface area (Å²) in [5, 5.41) is 7.12. The third kappa shape index (κ3) is 3.65. The van der Waals surface area contributed by atoms with Gasteiger partial charge in [-0.3, -0.25) is 0 Å². The van der Waals surface area contributed by atoms with E-state index in [-0.39, 0.29) is 0 Å². The lowest BCUT2D eigenvalue weighted by Crippen LogP contribution is -2.56. The molecule has 1 N–H and O–H groups in total. The zero-order valence-electron chi connectivity index (χ0n) is 12.2. The van der Waals surface area contributed by atoms with Crippen LogP contribution in [-0.2, 0) is 4.79 Å². The zero-order chi connectivity index (χ0) is 16.5. The van der Waals surface area contributed by atoms with Crippen molar-refractivity contribution in [2.75, 3.05) is 31.6 Å². The largest absolute Gasteiger partial charge is 0.490 e. The number of aromatic nitrogens is 2. The fraction of sp³-hybridized carbons (Fsp3) is 0.615. The van der Waals surface area contributed by atoms with Gasteiger partial charge in [0, 0.05) is 37.9 Å². The van der Waals surface area contributed by atoms with E-state index in [1.165, 1.54) is 6.54 Å². The molecule has 0 aromatic carbocycles. The van der Waals surface area contributed by atoms with Crippen LogP contribution in [0, 0.1) is 12.8 Å². The predicted octanol–water partition coefficient (Wildman–Crippen LogP) is 1.17. The van der Waals surface area contributed by atoms with Crippen LogP contribution >= 0.6 is 0 Å². The Morgan fingerprint density at radius 3 is 2.27 bits per heavy atom. The van der Waals surface area contributed by atoms with E-state index in [0.29, 0.717) is 6.04 Å². The van der Waals surface area contributed by atoms with Crippen molar-refractivity contribution in [3.63, 3.8) is 0 Å². The molecule has 3 heterocycles. The number of likely N-dealkylation sites (tertiary alicyclic amines) is 1. The second-order valence-electron chi connectivity index (χ2n) is 5.56. The Bertz CT molecular complexity index is 535. The fourth-order valence-electron chi connectivity index (χ4n) is 2.61. The number of likely N-dealkylation sites (N-methyl/N-ethyl adjacent to an activating group) is 1. The highest BCUT2D eigenvalue weighted by Crippen LogP contribution is 2.33. The molecule has 2 aliphatic rings. The molecule has 2 saturated heterocycles. The van der Waals surface area contributed by atoms with Gasteiger partial charge in [-0.25, -0.2) is 14.8 Å². The Hall–Kier alpha value is -1.90. The number of halogens is 3. The number of hydrogen-bond acceptors (Lipinski definition) is 5. The van der Waals surface area contributed by atoms with Gasteiger partial charge in [-0.2, -0.15) is 13.2 Å². The summed E-state index contributed by atoms with van der Waals surface area (Å²) in [6, 6.07) is 0.651. The van der Waals surface area contributed by atoms with Crippen molar-refractivity contribution in [1.29, 1.82) is 0 Å². The molecule has 2 atom stereocenters. The first-order valence-corrected chi connectivity index (χ1v) is 6.72. The molecule has 2 aliphatic heterocycles. The summed E-state index contributed by atoms with van der Waals surface area (Å²) in [5.41, 5.74) is 1.12. The average molecular weight is 318 g/mol. The molecule has 9 heteroatoms. The van der Waals surface area contributed by atoms with Crippen molar-refractivity contribution in [1.82, 2.24) is 14.9 Å². The van der Waals surface area contributed by atoms with Crippen molar-refractivity contribution >= 4 is 11.9 Å². The fourth-order valence-corrected chi connectivity index (χ4v) is 2.61. The monoisotopic (exact) mass is 318 g/mol. The van der Waals surface area contributed by atoms with Gasteiger partial charge in [0.1, 0.15) is 0 Å². The lowest BCUT2D eigenvalue weighted by molar-refractivity contribution is -0.192. The van der Waals surface area contributed by atoms with Gasteiger partial charge in [0.2, 0.25) is 5.95 Å². The van der Waals surface area contributed by atoms with E-state index >= 15 is 0 Å². The van der Waals surface area contributed by atoms with E-state index in [1.54, 1.807) is 0 Å². The molecule has 0 amide bonds. The van der Waals surface area contributed by atoms with Crippen molar-refractivity contribution < 1.29 is 23.1 Å². The van der Waals surface area contributed by atoms with Crippen LogP contribution in [0.5, 0.6) is 0 Å². The number of rotatable bonds is 1. The van der Waals surface area contributed by atoms with Crippen LogP contribution in [0.3, 0.4) is 0 Å². The van der Waals surface area contributed by atoms with Gasteiger partial charge in [-0.1, -0.05) is 0 Å². The molecule has 1 aromatic rings. The van der Waals surface area contributed by atoms with Crippen LogP contribution < -0.4 is 4.90 Å². The summed E-state index contributed by atoms with van der Waals surface area (Å²) in [7, 11) is 2.19. The Kier molecular flexibility index (Phi) is 4.55. The number of anilines is 1. The van der Waals surface area contributed by atoms with Gasteiger partial charge in [0.25, 0.3) is 0 Å². The van der Waals surface area contributed by atoms with Gasteiger partial charge in [-0.05, 0) is 19.5 Å². The first kappa shape index (κ1) is 16.5. The summed E-state index contributed by atoms with van der Waals surface area (Å²) in [6.45, 7) is 5.53. The number of hydrogen-bond donors (Lipinski definition) is 1. The maximum absolute atomic E-state index is 10.6. The molecule has 1 aromatic heterocycles. The first-order chi connectivity index (χ1) is 10.2. The Morgan fingerprint density at radius 2 is 1.82 bits per heavy atom. The predicted molar refractivity (Wildman–Crippen MR) is 72.6 cm³/mol. The molecule has 0 bridgehead atoms. The topological polar surface area (TPSA) is 69.6 Å². The molecule has 0 spiro atoms. The van der Waals surface area contributed by atoms with Crippen LogP contribution in [0.1, 0.15) is 5.56 Å². The Labute approximate surface area is 125 Å². The molecule has 22 heavy (non-hydrogen) atoms. The Morgan fingerprint density at radius 1 is 1.27 bits per heavy atom. The van der Waals surface area contributed by atoms with Crippen molar-refractivity contribution in [2.24, 2.45) is 5.92 Å². The standard InChI is InChI=1S/C11H16N4.C2HF3O2/c1-8-3-12-11(13-4-8)15-6-9-5-14(2)7-10(9)15;3-2(4,5)1(6)7/h3-4,9-10H,5-7H2,1-2H3;(H,6,7)/t9-,10-;/m0./s1. The maximum Gasteiger partial charge on any atom is 0.490 e. The molecule has 6 nitrogen and oxygen atoms in total. The number of carboxylic acid groups (broad SMARTS) is 1. The number of aliphatic carboxylic acids is 1. The van der Waals surface area contributed by atoms with E-state index < -0.39 is 12.1 Å². The lowest BCUT2D eigenvalue weighted by Gasteiger charge is -2.43. The quantitative estimate of drug-likeness (QED) is 0.838. The van der Waals surface area contributed by atoms with Crippen molar-refractivity contribution in [3.05, 3.63) is 18.0 Å². The van der Waals surface area contributed by atoms with E-state index in [0.717, 1.165) is 30.5 Å². The lowest BCUT2D eigenvalue weighted by atomic mass is 9.93. The average Bonchev–Trinajstić information content (AvgIpc) is 2.69. The summed E-state index contributed by atoms with van der Waals surface area (Å²) < 4.78 is 31.7. The number of nitrogens with zero attached hydrogens (tertiary/aromatic N) is 4. The van der Waals surface area contributed by atoms with Crippen LogP contribution in [0.4, 0.5) is 19.1 Å². The van der Waals surface area contributed by atoms with Gasteiger partial charge in [-0.15, -0.1) is 0 Å². The summed E-state index contributed by atoms with van der Waals surface area (Å²) in [6.07, 6.45) is -1.29. The minimum atomic E-state index is -5.08. The molecule has 3 rings (SSSR count). The van der Waals surface area contributed by atoms with Crippen LogP contribution in [-0.4, -0.2) is 64.8 Å². The smallest absolute Gasteiger partial charge is 0.475 e. The van der Waals surface area contributed by atoms with Crippen LogP contribution in [0.15, 0.2) is 12.4 Å². The van der Waals surface area contributed by atoms with Crippen LogP contribution in [0.2, 0.25) is 0 Å². The molecular formula is C13H17F3N4O2. The van der Waals surface area contributed by atoms with E-state index in [2.05, 4.69) is 26.8 Å². The highest BCUT2D eigenvalue weighted by molar-refractivity contribution is 5.73. The second-order valence-corrected chi connectivity index (χ2v) is 5.56. The van der Waals surface area contributed by atoms with Crippen molar-refractivity contribution in [3.8, 4) is 0 Å². The molecule has 0 radical (unpaired) electrons. The highest BCUT2D eigenvalue weighted by atomic mass is 19.4. The summed E-state index contributed by atoms with van der Waals surface area (Å²) >= 11 is 0.